The number of benzene rings is 1. The van der Waals surface area contributed by atoms with Gasteiger partial charge in [0.2, 0.25) is 5.91 Å². The van der Waals surface area contributed by atoms with E-state index in [1.54, 1.807) is 13.8 Å². The molecule has 0 aromatic heterocycles. The van der Waals surface area contributed by atoms with Crippen molar-refractivity contribution in [2.24, 2.45) is 5.92 Å². The molecule has 24 heavy (non-hydrogen) atoms. The minimum Gasteiger partial charge on any atom is -0.480 e. The molecule has 0 unspecified atom stereocenters. The molecule has 130 valence electrons. The molecular weight excluding hydrogens is 322 g/mol. The molecule has 0 saturated carbocycles. The van der Waals surface area contributed by atoms with E-state index in [2.05, 4.69) is 5.32 Å². The lowest BCUT2D eigenvalue weighted by molar-refractivity contribution is -0.394. The summed E-state index contributed by atoms with van der Waals surface area (Å²) in [5, 5.41) is 33.0. The number of nitro groups is 2. The minimum atomic E-state index is -1.19. The molecule has 10 heteroatoms. The maximum Gasteiger partial charge on any atom is 0.326 e. The number of nitrogens with one attached hydrogen (secondary N) is 1. The molecule has 1 aromatic carbocycles. The predicted molar refractivity (Wildman–Crippen MR) is 82.5 cm³/mol. The Kier molecular flexibility index (Phi) is 6.33. The van der Waals surface area contributed by atoms with Gasteiger partial charge in [-0.25, -0.2) is 4.79 Å². The van der Waals surface area contributed by atoms with Crippen LogP contribution in [0, 0.1) is 26.1 Å². The fourth-order valence-corrected chi connectivity index (χ4v) is 2.09. The number of rotatable bonds is 8. The molecule has 0 radical (unpaired) electrons. The van der Waals surface area contributed by atoms with Crippen LogP contribution in [0.25, 0.3) is 0 Å². The second-order valence-corrected chi connectivity index (χ2v) is 5.64. The highest BCUT2D eigenvalue weighted by Crippen LogP contribution is 2.23. The Balaban J connectivity index is 2.94. The summed E-state index contributed by atoms with van der Waals surface area (Å²) in [6.45, 7) is 3.60. The van der Waals surface area contributed by atoms with Crippen molar-refractivity contribution in [3.63, 3.8) is 0 Å². The molecule has 1 aromatic rings. The Hall–Kier alpha value is -3.04. The molecule has 0 spiro atoms. The molecule has 0 aliphatic heterocycles. The number of amides is 1. The molecule has 0 aliphatic rings. The molecule has 0 bridgehead atoms. The van der Waals surface area contributed by atoms with Crippen LogP contribution in [0.15, 0.2) is 18.2 Å². The first-order valence-electron chi connectivity index (χ1n) is 7.05. The molecular formula is C14H17N3O7. The van der Waals surface area contributed by atoms with Gasteiger partial charge < -0.3 is 10.4 Å². The minimum absolute atomic E-state index is 0.0327. The number of hydrogen-bond donors (Lipinski definition) is 2. The first-order valence-corrected chi connectivity index (χ1v) is 7.05. The quantitative estimate of drug-likeness (QED) is 0.539. The molecule has 1 atom stereocenters. The van der Waals surface area contributed by atoms with Crippen LogP contribution in [0.4, 0.5) is 11.4 Å². The van der Waals surface area contributed by atoms with Crippen molar-refractivity contribution >= 4 is 23.3 Å². The molecule has 1 rings (SSSR count). The molecule has 0 saturated heterocycles. The van der Waals surface area contributed by atoms with Crippen molar-refractivity contribution in [2.45, 2.75) is 32.7 Å². The van der Waals surface area contributed by atoms with Crippen molar-refractivity contribution in [1.29, 1.82) is 0 Å². The third-order valence-corrected chi connectivity index (χ3v) is 3.09. The fraction of sp³-hybridized carbons (Fsp3) is 0.429. The van der Waals surface area contributed by atoms with Crippen LogP contribution in [0.5, 0.6) is 0 Å². The van der Waals surface area contributed by atoms with Crippen molar-refractivity contribution in [1.82, 2.24) is 5.32 Å². The molecule has 0 aliphatic carbocycles. The second kappa shape index (κ2) is 7.99. The number of nitro benzene ring substituents is 2. The van der Waals surface area contributed by atoms with Crippen LogP contribution in [0.2, 0.25) is 0 Å². The lowest BCUT2D eigenvalue weighted by Gasteiger charge is -2.16. The third kappa shape index (κ3) is 5.63. The number of hydrogen-bond acceptors (Lipinski definition) is 6. The van der Waals surface area contributed by atoms with Gasteiger partial charge in [-0.1, -0.05) is 13.8 Å². The summed E-state index contributed by atoms with van der Waals surface area (Å²) >= 11 is 0. The zero-order chi connectivity index (χ0) is 18.4. The number of nitrogens with zero attached hydrogens (tertiary/aromatic N) is 2. The standard InChI is InChI=1S/C14H17N3O7/c1-8(2)3-12(14(19)20)15-13(18)6-9-4-10(16(21)22)7-11(5-9)17(23)24/h4-5,7-8,12H,3,6H2,1-2H3,(H,15,18)(H,19,20)/t12-/m0/s1. The Morgan fingerprint density at radius 2 is 1.62 bits per heavy atom. The van der Waals surface area contributed by atoms with Crippen molar-refractivity contribution in [3.8, 4) is 0 Å². The van der Waals surface area contributed by atoms with Gasteiger partial charge in [-0.3, -0.25) is 25.0 Å². The van der Waals surface area contributed by atoms with Gasteiger partial charge in [-0.05, 0) is 17.9 Å². The third-order valence-electron chi connectivity index (χ3n) is 3.09. The van der Waals surface area contributed by atoms with Crippen LogP contribution in [0.3, 0.4) is 0 Å². The number of non-ortho nitro benzene ring substituents is 2. The zero-order valence-electron chi connectivity index (χ0n) is 13.1. The lowest BCUT2D eigenvalue weighted by Crippen LogP contribution is -2.42. The van der Waals surface area contributed by atoms with E-state index in [1.165, 1.54) is 0 Å². The Morgan fingerprint density at radius 3 is 2.00 bits per heavy atom. The number of carbonyl (C=O) groups excluding carboxylic acids is 1. The number of aliphatic carboxylic acids is 1. The topological polar surface area (TPSA) is 153 Å². The van der Waals surface area contributed by atoms with Gasteiger partial charge in [-0.2, -0.15) is 0 Å². The summed E-state index contributed by atoms with van der Waals surface area (Å²) in [5.74, 6) is -1.84. The van der Waals surface area contributed by atoms with E-state index in [9.17, 15) is 29.8 Å². The van der Waals surface area contributed by atoms with E-state index in [-0.39, 0.29) is 17.9 Å². The van der Waals surface area contributed by atoms with Gasteiger partial charge in [0.15, 0.2) is 0 Å². The van der Waals surface area contributed by atoms with Crippen LogP contribution >= 0.6 is 0 Å². The molecule has 2 N–H and O–H groups in total. The summed E-state index contributed by atoms with van der Waals surface area (Å²) < 4.78 is 0. The molecule has 10 nitrogen and oxygen atoms in total. The molecule has 0 heterocycles. The first kappa shape index (κ1) is 19.0. The van der Waals surface area contributed by atoms with E-state index < -0.39 is 45.6 Å². The summed E-state index contributed by atoms with van der Waals surface area (Å²) in [6, 6.07) is 1.79. The van der Waals surface area contributed by atoms with E-state index in [0.717, 1.165) is 18.2 Å². The van der Waals surface area contributed by atoms with Crippen LogP contribution in [-0.4, -0.2) is 32.9 Å². The first-order chi connectivity index (χ1) is 11.1. The van der Waals surface area contributed by atoms with Crippen LogP contribution in [0.1, 0.15) is 25.8 Å². The van der Waals surface area contributed by atoms with Crippen molar-refractivity contribution < 1.29 is 24.5 Å². The number of carboxylic acid groups (broad SMARTS) is 1. The maximum absolute atomic E-state index is 12.0. The number of carbonyl (C=O) groups is 2. The Bertz CT molecular complexity index is 640. The monoisotopic (exact) mass is 339 g/mol. The average molecular weight is 339 g/mol. The summed E-state index contributed by atoms with van der Waals surface area (Å²) in [6.07, 6.45) is -0.180. The van der Waals surface area contributed by atoms with Gasteiger partial charge >= 0.3 is 5.97 Å². The normalized spacial score (nSPS) is 11.8. The zero-order valence-corrected chi connectivity index (χ0v) is 13.1. The van der Waals surface area contributed by atoms with Gasteiger partial charge in [0.05, 0.1) is 22.3 Å². The second-order valence-electron chi connectivity index (χ2n) is 5.64. The lowest BCUT2D eigenvalue weighted by atomic mass is 10.0. The highest BCUT2D eigenvalue weighted by Gasteiger charge is 2.22. The van der Waals surface area contributed by atoms with Gasteiger partial charge in [0, 0.05) is 12.1 Å². The van der Waals surface area contributed by atoms with Gasteiger partial charge in [0.25, 0.3) is 11.4 Å². The highest BCUT2D eigenvalue weighted by molar-refractivity contribution is 5.85. The Morgan fingerprint density at radius 1 is 1.12 bits per heavy atom. The summed E-state index contributed by atoms with van der Waals surface area (Å²) in [7, 11) is 0. The van der Waals surface area contributed by atoms with Crippen molar-refractivity contribution in [2.75, 3.05) is 0 Å². The highest BCUT2D eigenvalue weighted by atomic mass is 16.6. The predicted octanol–water partition coefficient (Wildman–Crippen LogP) is 1.66. The molecule has 1 amide bonds. The summed E-state index contributed by atoms with van der Waals surface area (Å²) in [5.41, 5.74) is -0.963. The fourth-order valence-electron chi connectivity index (χ4n) is 2.09. The van der Waals surface area contributed by atoms with E-state index in [4.69, 9.17) is 5.11 Å². The van der Waals surface area contributed by atoms with E-state index in [1.807, 2.05) is 0 Å². The van der Waals surface area contributed by atoms with Gasteiger partial charge in [-0.15, -0.1) is 0 Å². The van der Waals surface area contributed by atoms with E-state index >= 15 is 0 Å². The SMILES string of the molecule is CC(C)C[C@H](NC(=O)Cc1cc([N+](=O)[O-])cc([N+](=O)[O-])c1)C(=O)O. The smallest absolute Gasteiger partial charge is 0.326 e. The van der Waals surface area contributed by atoms with Crippen molar-refractivity contribution in [3.05, 3.63) is 44.0 Å². The van der Waals surface area contributed by atoms with E-state index in [0.29, 0.717) is 0 Å². The number of carboxylic acids is 1. The van der Waals surface area contributed by atoms with Gasteiger partial charge in [0.1, 0.15) is 6.04 Å². The van der Waals surface area contributed by atoms with Crippen LogP contribution < -0.4 is 5.32 Å². The summed E-state index contributed by atoms with van der Waals surface area (Å²) in [4.78, 5) is 43.1. The van der Waals surface area contributed by atoms with Crippen LogP contribution in [-0.2, 0) is 16.0 Å². The maximum atomic E-state index is 12.0. The largest absolute Gasteiger partial charge is 0.480 e. The average Bonchev–Trinajstić information content (AvgIpc) is 2.45. The molecule has 0 fully saturated rings. The Labute approximate surface area is 136 Å².